The summed E-state index contributed by atoms with van der Waals surface area (Å²) < 4.78 is 1.05. The Labute approximate surface area is 178 Å². The van der Waals surface area contributed by atoms with Gasteiger partial charge in [0.25, 0.3) is 0 Å². The maximum Gasteiger partial charge on any atom is 0.186 e. The van der Waals surface area contributed by atoms with E-state index < -0.39 is 0 Å². The highest BCUT2D eigenvalue weighted by Gasteiger charge is 2.29. The lowest BCUT2D eigenvalue weighted by molar-refractivity contribution is -0.731. The molecule has 0 aromatic heterocycles. The summed E-state index contributed by atoms with van der Waals surface area (Å²) in [5.74, 6) is 0.251. The number of phenolic OH excluding ortho intramolecular Hbond substituents is 1. The van der Waals surface area contributed by atoms with E-state index in [0.717, 1.165) is 26.9 Å². The highest BCUT2D eigenvalue weighted by Crippen LogP contribution is 2.31. The number of hydrogen-bond acceptors (Lipinski definition) is 2. The quantitative estimate of drug-likeness (QED) is 0.516. The summed E-state index contributed by atoms with van der Waals surface area (Å²) in [4.78, 5) is 0. The Kier molecular flexibility index (Phi) is 5.44. The van der Waals surface area contributed by atoms with E-state index in [1.165, 1.54) is 5.56 Å². The van der Waals surface area contributed by atoms with Crippen molar-refractivity contribution in [2.75, 3.05) is 0 Å². The van der Waals surface area contributed by atoms with Gasteiger partial charge in [-0.05, 0) is 55.0 Å². The third-order valence-corrected chi connectivity index (χ3v) is 5.76. The average Bonchev–Trinajstić information content (AvgIpc) is 2.70. The minimum atomic E-state index is -0.0649. The number of quaternary nitrogens is 1. The van der Waals surface area contributed by atoms with Crippen LogP contribution in [0.25, 0.3) is 5.70 Å². The predicted molar refractivity (Wildman–Crippen MR) is 117 cm³/mol. The largest absolute Gasteiger partial charge is 0.507 e. The Morgan fingerprint density at radius 3 is 2.43 bits per heavy atom. The van der Waals surface area contributed by atoms with E-state index in [2.05, 4.69) is 76.0 Å². The van der Waals surface area contributed by atoms with Crippen LogP contribution < -0.4 is 10.6 Å². The second-order valence-corrected chi connectivity index (χ2v) is 8.39. The standard InChI is InChI=1S/C23H20BrClN2O/c1-14-2-4-15(5-3-14)20-13-21(19-12-18(25)10-11-22(19)28)27-23(26-20)16-6-8-17(24)9-7-16/h2-13,21,23,26-28H,1H3/p+1. The van der Waals surface area contributed by atoms with Crippen LogP contribution in [0.2, 0.25) is 5.02 Å². The molecule has 0 saturated carbocycles. The van der Waals surface area contributed by atoms with Crippen LogP contribution in [0.3, 0.4) is 0 Å². The zero-order valence-corrected chi connectivity index (χ0v) is 17.7. The summed E-state index contributed by atoms with van der Waals surface area (Å²) in [6.07, 6.45) is 2.16. The van der Waals surface area contributed by atoms with E-state index >= 15 is 0 Å². The monoisotopic (exact) mass is 455 g/mol. The minimum Gasteiger partial charge on any atom is -0.507 e. The predicted octanol–water partition coefficient (Wildman–Crippen LogP) is 5.06. The van der Waals surface area contributed by atoms with Gasteiger partial charge in [0.1, 0.15) is 11.8 Å². The van der Waals surface area contributed by atoms with Gasteiger partial charge in [-0.15, -0.1) is 0 Å². The number of benzene rings is 3. The molecule has 4 rings (SSSR count). The lowest BCUT2D eigenvalue weighted by Crippen LogP contribution is -2.89. The average molecular weight is 457 g/mol. The van der Waals surface area contributed by atoms with Crippen molar-refractivity contribution < 1.29 is 10.4 Å². The molecule has 2 unspecified atom stereocenters. The topological polar surface area (TPSA) is 48.9 Å². The fraction of sp³-hybridized carbons (Fsp3) is 0.130. The molecule has 0 bridgehead atoms. The van der Waals surface area contributed by atoms with Crippen LogP contribution in [0, 0.1) is 6.92 Å². The van der Waals surface area contributed by atoms with Crippen LogP contribution in [-0.2, 0) is 0 Å². The third kappa shape index (κ3) is 4.09. The van der Waals surface area contributed by atoms with E-state index in [9.17, 15) is 5.11 Å². The molecule has 1 aliphatic rings. The van der Waals surface area contributed by atoms with Gasteiger partial charge in [-0.1, -0.05) is 57.4 Å². The Morgan fingerprint density at radius 2 is 1.71 bits per heavy atom. The van der Waals surface area contributed by atoms with Crippen molar-refractivity contribution in [1.82, 2.24) is 5.32 Å². The fourth-order valence-corrected chi connectivity index (χ4v) is 3.91. The zero-order valence-electron chi connectivity index (χ0n) is 15.4. The van der Waals surface area contributed by atoms with E-state index in [4.69, 9.17) is 11.6 Å². The van der Waals surface area contributed by atoms with Crippen LogP contribution in [0.1, 0.15) is 34.5 Å². The van der Waals surface area contributed by atoms with Crippen LogP contribution in [-0.4, -0.2) is 5.11 Å². The molecule has 0 radical (unpaired) electrons. The number of nitrogens with one attached hydrogen (secondary N) is 1. The first kappa shape index (κ1) is 19.1. The summed E-state index contributed by atoms with van der Waals surface area (Å²) in [6.45, 7) is 2.08. The Hall–Kier alpha value is -2.27. The van der Waals surface area contributed by atoms with Crippen molar-refractivity contribution in [2.24, 2.45) is 0 Å². The van der Waals surface area contributed by atoms with E-state index in [0.29, 0.717) is 5.02 Å². The summed E-state index contributed by atoms with van der Waals surface area (Å²) >= 11 is 9.71. The molecule has 0 aliphatic carbocycles. The molecule has 0 spiro atoms. The number of aryl methyl sites for hydroxylation is 1. The molecule has 0 saturated heterocycles. The van der Waals surface area contributed by atoms with Gasteiger partial charge >= 0.3 is 0 Å². The summed E-state index contributed by atoms with van der Waals surface area (Å²) in [6, 6.07) is 21.9. The Bertz CT molecular complexity index is 1020. The van der Waals surface area contributed by atoms with Gasteiger partial charge in [0.15, 0.2) is 6.17 Å². The molecule has 5 heteroatoms. The van der Waals surface area contributed by atoms with Gasteiger partial charge in [-0.2, -0.15) is 0 Å². The van der Waals surface area contributed by atoms with Gasteiger partial charge in [-0.25, -0.2) is 0 Å². The first-order valence-electron chi connectivity index (χ1n) is 9.14. The van der Waals surface area contributed by atoms with Crippen molar-refractivity contribution in [3.05, 3.63) is 105 Å². The highest BCUT2D eigenvalue weighted by atomic mass is 79.9. The number of nitrogens with two attached hydrogens (primary N) is 1. The first-order valence-corrected chi connectivity index (χ1v) is 10.3. The number of halogens is 2. The lowest BCUT2D eigenvalue weighted by Gasteiger charge is -2.30. The van der Waals surface area contributed by atoms with Crippen LogP contribution in [0.5, 0.6) is 5.75 Å². The van der Waals surface area contributed by atoms with E-state index in [1.807, 2.05) is 18.2 Å². The molecule has 0 amide bonds. The van der Waals surface area contributed by atoms with Crippen LogP contribution >= 0.6 is 27.5 Å². The van der Waals surface area contributed by atoms with Crippen molar-refractivity contribution in [3.8, 4) is 5.75 Å². The fourth-order valence-electron chi connectivity index (χ4n) is 3.47. The normalized spacial score (nSPS) is 19.0. The van der Waals surface area contributed by atoms with Crippen molar-refractivity contribution >= 4 is 33.2 Å². The summed E-state index contributed by atoms with van der Waals surface area (Å²) in [7, 11) is 0. The van der Waals surface area contributed by atoms with Gasteiger partial charge in [0.2, 0.25) is 0 Å². The maximum absolute atomic E-state index is 10.4. The minimum absolute atomic E-state index is 0.0118. The molecular weight excluding hydrogens is 436 g/mol. The molecule has 3 aromatic rings. The number of rotatable bonds is 3. The molecule has 142 valence electrons. The molecule has 0 fully saturated rings. The number of hydrogen-bond donors (Lipinski definition) is 3. The Balaban J connectivity index is 1.76. The first-order chi connectivity index (χ1) is 13.5. The molecule has 1 heterocycles. The number of phenols is 1. The molecule has 3 nitrogen and oxygen atoms in total. The maximum atomic E-state index is 10.4. The molecule has 28 heavy (non-hydrogen) atoms. The van der Waals surface area contributed by atoms with E-state index in [-0.39, 0.29) is 18.0 Å². The lowest BCUT2D eigenvalue weighted by atomic mass is 9.97. The molecule has 2 atom stereocenters. The van der Waals surface area contributed by atoms with Crippen LogP contribution in [0.15, 0.2) is 77.3 Å². The van der Waals surface area contributed by atoms with Gasteiger partial charge in [0, 0.05) is 26.8 Å². The number of aromatic hydroxyl groups is 1. The van der Waals surface area contributed by atoms with Gasteiger partial charge in [-0.3, -0.25) is 0 Å². The smallest absolute Gasteiger partial charge is 0.186 e. The van der Waals surface area contributed by atoms with Crippen molar-refractivity contribution in [1.29, 1.82) is 0 Å². The second-order valence-electron chi connectivity index (χ2n) is 7.04. The zero-order chi connectivity index (χ0) is 19.7. The summed E-state index contributed by atoms with van der Waals surface area (Å²) in [5, 5.41) is 16.9. The van der Waals surface area contributed by atoms with Gasteiger partial charge in [0.05, 0.1) is 5.56 Å². The van der Waals surface area contributed by atoms with Crippen molar-refractivity contribution in [2.45, 2.75) is 19.1 Å². The van der Waals surface area contributed by atoms with Gasteiger partial charge < -0.3 is 15.7 Å². The highest BCUT2D eigenvalue weighted by molar-refractivity contribution is 9.10. The second kappa shape index (κ2) is 8.00. The molecule has 4 N–H and O–H groups in total. The SMILES string of the molecule is Cc1ccc(C2=CC(c3cc(Cl)ccc3O)[NH2+]C(c3ccc(Br)cc3)N2)cc1. The van der Waals surface area contributed by atoms with E-state index in [1.54, 1.807) is 12.1 Å². The molecule has 1 aliphatic heterocycles. The van der Waals surface area contributed by atoms with Crippen molar-refractivity contribution in [3.63, 3.8) is 0 Å². The third-order valence-electron chi connectivity index (χ3n) is 5.00. The molecular formula is C23H21BrClN2O+. The Morgan fingerprint density at radius 1 is 1.00 bits per heavy atom. The molecule has 3 aromatic carbocycles. The summed E-state index contributed by atoms with van der Waals surface area (Å²) in [5.41, 5.74) is 5.35. The van der Waals surface area contributed by atoms with Crippen LogP contribution in [0.4, 0.5) is 0 Å².